The fraction of sp³-hybridized carbons (Fsp3) is 0.333. The summed E-state index contributed by atoms with van der Waals surface area (Å²) in [5.74, 6) is 0.410. The quantitative estimate of drug-likeness (QED) is 0.592. The Hall–Kier alpha value is -2.12. The molecule has 0 aliphatic heterocycles. The van der Waals surface area contributed by atoms with E-state index in [0.29, 0.717) is 18.9 Å². The second-order valence-corrected chi connectivity index (χ2v) is 3.74. The molecule has 0 aromatic carbocycles. The Morgan fingerprint density at radius 1 is 1.47 bits per heavy atom. The molecule has 7 nitrogen and oxygen atoms in total. The van der Waals surface area contributed by atoms with E-state index in [1.54, 1.807) is 30.1 Å². The highest BCUT2D eigenvalue weighted by Gasteiger charge is 2.11. The van der Waals surface area contributed by atoms with Crippen molar-refractivity contribution in [1.29, 1.82) is 0 Å². The highest BCUT2D eigenvalue weighted by Crippen LogP contribution is 2.09. The molecule has 0 spiro atoms. The number of methoxy groups -OCH3 is 1. The number of nitrogens with zero attached hydrogens (tertiary/aromatic N) is 2. The van der Waals surface area contributed by atoms with Gasteiger partial charge >= 0.3 is 5.91 Å². The molecule has 0 aliphatic rings. The second kappa shape index (κ2) is 6.72. The summed E-state index contributed by atoms with van der Waals surface area (Å²) in [6, 6.07) is 5.14. The summed E-state index contributed by atoms with van der Waals surface area (Å²) in [4.78, 5) is 16.5. The fourth-order valence-electron chi connectivity index (χ4n) is 1.43. The molecule has 102 valence electrons. The molecule has 0 atom stereocenters. The Balaban J connectivity index is 1.84. The lowest BCUT2D eigenvalue weighted by Crippen LogP contribution is -2.25. The third kappa shape index (κ3) is 3.94. The summed E-state index contributed by atoms with van der Waals surface area (Å²) in [6.07, 6.45) is 3.50. The van der Waals surface area contributed by atoms with Gasteiger partial charge in [-0.25, -0.2) is 5.48 Å². The summed E-state index contributed by atoms with van der Waals surface area (Å²) in [5.41, 5.74) is 2.27. The number of carbonyl (C=O) groups is 1. The van der Waals surface area contributed by atoms with Crippen LogP contribution in [0.5, 0.6) is 0 Å². The van der Waals surface area contributed by atoms with Crippen molar-refractivity contribution in [2.24, 2.45) is 0 Å². The lowest BCUT2D eigenvalue weighted by molar-refractivity contribution is 0.00724. The van der Waals surface area contributed by atoms with E-state index < -0.39 is 5.91 Å². The molecule has 0 aliphatic carbocycles. The van der Waals surface area contributed by atoms with Crippen LogP contribution in [0.1, 0.15) is 16.3 Å². The van der Waals surface area contributed by atoms with Gasteiger partial charge in [0, 0.05) is 19.5 Å². The van der Waals surface area contributed by atoms with Gasteiger partial charge in [-0.05, 0) is 18.2 Å². The molecule has 0 saturated heterocycles. The first-order valence-electron chi connectivity index (χ1n) is 5.77. The zero-order valence-electron chi connectivity index (χ0n) is 10.5. The normalized spacial score (nSPS) is 10.6. The van der Waals surface area contributed by atoms with Crippen LogP contribution in [0.15, 0.2) is 35.0 Å². The zero-order chi connectivity index (χ0) is 13.5. The van der Waals surface area contributed by atoms with Gasteiger partial charge in [0.05, 0.1) is 19.8 Å². The molecule has 19 heavy (non-hydrogen) atoms. The molecule has 2 aromatic rings. The fourth-order valence-corrected chi connectivity index (χ4v) is 1.43. The second-order valence-electron chi connectivity index (χ2n) is 3.74. The van der Waals surface area contributed by atoms with Crippen molar-refractivity contribution in [2.45, 2.75) is 6.54 Å². The van der Waals surface area contributed by atoms with Gasteiger partial charge in [0.2, 0.25) is 0 Å². The number of hydrogen-bond donors (Lipinski definition) is 1. The Morgan fingerprint density at radius 2 is 2.37 bits per heavy atom. The molecule has 2 rings (SSSR count). The van der Waals surface area contributed by atoms with Crippen molar-refractivity contribution in [3.63, 3.8) is 0 Å². The highest BCUT2D eigenvalue weighted by atomic mass is 16.7. The van der Waals surface area contributed by atoms with Crippen molar-refractivity contribution >= 4 is 5.91 Å². The van der Waals surface area contributed by atoms with Gasteiger partial charge < -0.3 is 9.15 Å². The summed E-state index contributed by atoms with van der Waals surface area (Å²) in [5, 5.41) is 4.05. The number of carbonyl (C=O) groups excluding carboxylic acids is 1. The Kier molecular flexibility index (Phi) is 4.71. The average molecular weight is 265 g/mol. The van der Waals surface area contributed by atoms with E-state index in [2.05, 4.69) is 10.6 Å². The lowest BCUT2D eigenvalue weighted by atomic mass is 10.4. The van der Waals surface area contributed by atoms with Gasteiger partial charge in [0.15, 0.2) is 5.76 Å². The lowest BCUT2D eigenvalue weighted by Gasteiger charge is -2.03. The molecular formula is C12H15N3O4. The Morgan fingerprint density at radius 3 is 3.11 bits per heavy atom. The molecule has 2 aromatic heterocycles. The molecule has 1 N–H and O–H groups in total. The van der Waals surface area contributed by atoms with Gasteiger partial charge in [0.1, 0.15) is 5.76 Å². The zero-order valence-corrected chi connectivity index (χ0v) is 10.5. The van der Waals surface area contributed by atoms with Gasteiger partial charge in [0.25, 0.3) is 0 Å². The van der Waals surface area contributed by atoms with Crippen molar-refractivity contribution < 1.29 is 18.8 Å². The molecule has 0 radical (unpaired) electrons. The third-order valence-corrected chi connectivity index (χ3v) is 2.32. The number of amides is 1. The summed E-state index contributed by atoms with van der Waals surface area (Å²) < 4.78 is 11.9. The maximum atomic E-state index is 11.6. The van der Waals surface area contributed by atoms with Gasteiger partial charge in [-0.15, -0.1) is 0 Å². The van der Waals surface area contributed by atoms with Gasteiger partial charge in [-0.3, -0.25) is 14.3 Å². The van der Waals surface area contributed by atoms with Crippen LogP contribution in [-0.2, 0) is 16.1 Å². The minimum atomic E-state index is -0.428. The number of furan rings is 1. The van der Waals surface area contributed by atoms with Crippen LogP contribution in [0.25, 0.3) is 0 Å². The minimum absolute atomic E-state index is 0.194. The predicted molar refractivity (Wildman–Crippen MR) is 65.3 cm³/mol. The van der Waals surface area contributed by atoms with E-state index in [-0.39, 0.29) is 12.4 Å². The first kappa shape index (κ1) is 13.3. The van der Waals surface area contributed by atoms with Crippen LogP contribution >= 0.6 is 0 Å². The standard InChI is InChI=1S/C12H15N3O4/c1-17-7-8-18-14-12(16)11-4-3-10(19-11)9-15-6-2-5-13-15/h2-6H,7-9H2,1H3,(H,14,16). The van der Waals surface area contributed by atoms with E-state index in [4.69, 9.17) is 14.0 Å². The molecule has 2 heterocycles. The molecule has 0 bridgehead atoms. The third-order valence-electron chi connectivity index (χ3n) is 2.32. The highest BCUT2D eigenvalue weighted by molar-refractivity contribution is 5.90. The predicted octanol–water partition coefficient (Wildman–Crippen LogP) is 0.832. The van der Waals surface area contributed by atoms with Crippen LogP contribution in [-0.4, -0.2) is 36.0 Å². The van der Waals surface area contributed by atoms with Crippen LogP contribution in [0.3, 0.4) is 0 Å². The van der Waals surface area contributed by atoms with Crippen LogP contribution in [0.2, 0.25) is 0 Å². The summed E-state index contributed by atoms with van der Waals surface area (Å²) in [7, 11) is 1.55. The van der Waals surface area contributed by atoms with E-state index in [9.17, 15) is 4.79 Å². The maximum Gasteiger partial charge on any atom is 0.310 e. The molecule has 7 heteroatoms. The van der Waals surface area contributed by atoms with E-state index in [0.717, 1.165) is 0 Å². The average Bonchev–Trinajstić information content (AvgIpc) is 3.06. The monoisotopic (exact) mass is 265 g/mol. The first-order valence-corrected chi connectivity index (χ1v) is 5.77. The van der Waals surface area contributed by atoms with Gasteiger partial charge in [-0.2, -0.15) is 5.10 Å². The van der Waals surface area contributed by atoms with Crippen molar-refractivity contribution in [1.82, 2.24) is 15.3 Å². The number of hydrogen-bond acceptors (Lipinski definition) is 5. The molecule has 0 fully saturated rings. The van der Waals surface area contributed by atoms with Crippen LogP contribution in [0.4, 0.5) is 0 Å². The van der Waals surface area contributed by atoms with Gasteiger partial charge in [-0.1, -0.05) is 0 Å². The van der Waals surface area contributed by atoms with Crippen LogP contribution < -0.4 is 5.48 Å². The van der Waals surface area contributed by atoms with Crippen LogP contribution in [0, 0.1) is 0 Å². The maximum absolute atomic E-state index is 11.6. The topological polar surface area (TPSA) is 78.5 Å². The molecular weight excluding hydrogens is 250 g/mol. The number of nitrogens with one attached hydrogen (secondary N) is 1. The molecule has 0 unspecified atom stereocenters. The van der Waals surface area contributed by atoms with Crippen molar-refractivity contribution in [2.75, 3.05) is 20.3 Å². The number of rotatable bonds is 7. The summed E-state index contributed by atoms with van der Waals surface area (Å²) in [6.45, 7) is 1.16. The number of hydroxylamine groups is 1. The smallest absolute Gasteiger partial charge is 0.310 e. The Bertz CT molecular complexity index is 507. The SMILES string of the molecule is COCCONC(=O)c1ccc(Cn2cccn2)o1. The largest absolute Gasteiger partial charge is 0.454 e. The number of ether oxygens (including phenoxy) is 1. The summed E-state index contributed by atoms with van der Waals surface area (Å²) >= 11 is 0. The van der Waals surface area contributed by atoms with E-state index in [1.165, 1.54) is 0 Å². The molecule has 0 saturated carbocycles. The van der Waals surface area contributed by atoms with Crippen molar-refractivity contribution in [3.05, 3.63) is 42.1 Å². The van der Waals surface area contributed by atoms with E-state index >= 15 is 0 Å². The first-order chi connectivity index (χ1) is 9.29. The Labute approximate surface area is 110 Å². The van der Waals surface area contributed by atoms with E-state index in [1.807, 2.05) is 12.3 Å². The molecule has 1 amide bonds. The number of aromatic nitrogens is 2. The van der Waals surface area contributed by atoms with Crippen molar-refractivity contribution in [3.8, 4) is 0 Å². The minimum Gasteiger partial charge on any atom is -0.454 e.